The number of aryl methyl sites for hydroxylation is 1. The first-order valence-corrected chi connectivity index (χ1v) is 5.07. The zero-order chi connectivity index (χ0) is 11.8. The van der Waals surface area contributed by atoms with Crippen LogP contribution in [0.3, 0.4) is 0 Å². The first kappa shape index (κ1) is 9.77. The van der Waals surface area contributed by atoms with Gasteiger partial charge in [0, 0.05) is 6.92 Å². The van der Waals surface area contributed by atoms with Crippen LogP contribution in [0.1, 0.15) is 5.89 Å². The van der Waals surface area contributed by atoms with Gasteiger partial charge in [-0.3, -0.25) is 4.79 Å². The highest BCUT2D eigenvalue weighted by Crippen LogP contribution is 2.17. The predicted octanol–water partition coefficient (Wildman–Crippen LogP) is 2.15. The third-order valence-electron chi connectivity index (χ3n) is 2.44. The topological polar surface area (TPSA) is 69.1 Å². The molecule has 0 aliphatic carbocycles. The fourth-order valence-electron chi connectivity index (χ4n) is 1.63. The van der Waals surface area contributed by atoms with Crippen molar-refractivity contribution in [2.24, 2.45) is 0 Å². The molecular formula is C12H8N2O3. The molecule has 0 fully saturated rings. The summed E-state index contributed by atoms with van der Waals surface area (Å²) in [5, 5.41) is 7.99. The van der Waals surface area contributed by atoms with Crippen molar-refractivity contribution in [3.8, 4) is 11.5 Å². The van der Waals surface area contributed by atoms with E-state index in [1.165, 1.54) is 6.26 Å². The molecule has 0 bridgehead atoms. The Hall–Kier alpha value is -2.43. The molecule has 0 aliphatic rings. The first-order chi connectivity index (χ1) is 8.25. The molecule has 84 valence electrons. The summed E-state index contributed by atoms with van der Waals surface area (Å²) in [6, 6.07) is 7.03. The van der Waals surface area contributed by atoms with Crippen LogP contribution in [0.4, 0.5) is 0 Å². The Morgan fingerprint density at radius 3 is 2.76 bits per heavy atom. The van der Waals surface area contributed by atoms with E-state index in [0.717, 1.165) is 0 Å². The molecule has 1 aromatic carbocycles. The number of hydrogen-bond donors (Lipinski definition) is 0. The van der Waals surface area contributed by atoms with Crippen LogP contribution < -0.4 is 5.43 Å². The molecule has 3 aromatic rings. The maximum absolute atomic E-state index is 12.2. The molecular weight excluding hydrogens is 220 g/mol. The van der Waals surface area contributed by atoms with Gasteiger partial charge >= 0.3 is 0 Å². The number of hydrogen-bond acceptors (Lipinski definition) is 5. The Kier molecular flexibility index (Phi) is 2.04. The second-order valence-electron chi connectivity index (χ2n) is 3.60. The highest BCUT2D eigenvalue weighted by Gasteiger charge is 2.13. The zero-order valence-corrected chi connectivity index (χ0v) is 9.01. The van der Waals surface area contributed by atoms with Gasteiger partial charge in [0.25, 0.3) is 5.89 Å². The second-order valence-corrected chi connectivity index (χ2v) is 3.60. The fraction of sp³-hybridized carbons (Fsp3) is 0.0833. The Morgan fingerprint density at radius 1 is 1.18 bits per heavy atom. The average molecular weight is 228 g/mol. The lowest BCUT2D eigenvalue weighted by atomic mass is 10.2. The van der Waals surface area contributed by atoms with Gasteiger partial charge in [0.05, 0.1) is 5.39 Å². The molecule has 0 spiro atoms. The molecule has 0 atom stereocenters. The van der Waals surface area contributed by atoms with E-state index >= 15 is 0 Å². The van der Waals surface area contributed by atoms with E-state index in [9.17, 15) is 4.79 Å². The molecule has 2 aromatic heterocycles. The van der Waals surface area contributed by atoms with Crippen molar-refractivity contribution in [2.75, 3.05) is 0 Å². The van der Waals surface area contributed by atoms with Crippen LogP contribution in [0, 0.1) is 6.92 Å². The van der Waals surface area contributed by atoms with Gasteiger partial charge in [0.15, 0.2) is 0 Å². The first-order valence-electron chi connectivity index (χ1n) is 5.07. The molecule has 0 saturated carbocycles. The number of aromatic nitrogens is 2. The van der Waals surface area contributed by atoms with E-state index in [2.05, 4.69) is 10.2 Å². The van der Waals surface area contributed by atoms with Crippen LogP contribution in [0.5, 0.6) is 0 Å². The van der Waals surface area contributed by atoms with Crippen molar-refractivity contribution in [3.63, 3.8) is 0 Å². The maximum Gasteiger partial charge on any atom is 0.254 e. The SMILES string of the molecule is Cc1nnc(-c2coc3ccccc3c2=O)o1. The van der Waals surface area contributed by atoms with Crippen molar-refractivity contribution < 1.29 is 8.83 Å². The van der Waals surface area contributed by atoms with Crippen LogP contribution >= 0.6 is 0 Å². The van der Waals surface area contributed by atoms with Crippen molar-refractivity contribution in [3.05, 3.63) is 46.6 Å². The van der Waals surface area contributed by atoms with E-state index in [-0.39, 0.29) is 16.9 Å². The van der Waals surface area contributed by atoms with Crippen molar-refractivity contribution in [1.82, 2.24) is 10.2 Å². The van der Waals surface area contributed by atoms with Crippen LogP contribution in [0.25, 0.3) is 22.4 Å². The molecule has 5 nitrogen and oxygen atoms in total. The summed E-state index contributed by atoms with van der Waals surface area (Å²) in [6.07, 6.45) is 1.34. The number of benzene rings is 1. The Bertz CT molecular complexity index is 743. The van der Waals surface area contributed by atoms with E-state index in [4.69, 9.17) is 8.83 Å². The number of fused-ring (bicyclic) bond motifs is 1. The lowest BCUT2D eigenvalue weighted by Crippen LogP contribution is -2.04. The quantitative estimate of drug-likeness (QED) is 0.638. The third kappa shape index (κ3) is 1.52. The van der Waals surface area contributed by atoms with Gasteiger partial charge in [-0.2, -0.15) is 0 Å². The van der Waals surface area contributed by atoms with Crippen LogP contribution in [0.2, 0.25) is 0 Å². The van der Waals surface area contributed by atoms with E-state index in [1.54, 1.807) is 25.1 Å². The molecule has 0 saturated heterocycles. The van der Waals surface area contributed by atoms with Gasteiger partial charge in [-0.25, -0.2) is 0 Å². The van der Waals surface area contributed by atoms with Crippen molar-refractivity contribution in [2.45, 2.75) is 6.92 Å². The number of para-hydroxylation sites is 1. The lowest BCUT2D eigenvalue weighted by molar-refractivity contribution is 0.527. The molecule has 17 heavy (non-hydrogen) atoms. The summed E-state index contributed by atoms with van der Waals surface area (Å²) in [5.41, 5.74) is 0.650. The standard InChI is InChI=1S/C12H8N2O3/c1-7-13-14-12(17-7)9-6-16-10-5-3-2-4-8(10)11(9)15/h2-6H,1H3. The van der Waals surface area contributed by atoms with Gasteiger partial charge in [-0.1, -0.05) is 12.1 Å². The minimum absolute atomic E-state index is 0.171. The highest BCUT2D eigenvalue weighted by molar-refractivity contribution is 5.79. The van der Waals surface area contributed by atoms with Gasteiger partial charge < -0.3 is 8.83 Å². The van der Waals surface area contributed by atoms with E-state index in [1.807, 2.05) is 6.07 Å². The molecule has 2 heterocycles. The Morgan fingerprint density at radius 2 is 2.00 bits per heavy atom. The summed E-state index contributed by atoms with van der Waals surface area (Å²) < 4.78 is 10.6. The third-order valence-corrected chi connectivity index (χ3v) is 2.44. The zero-order valence-electron chi connectivity index (χ0n) is 9.01. The molecule has 0 unspecified atom stereocenters. The molecule has 0 aliphatic heterocycles. The van der Waals surface area contributed by atoms with E-state index in [0.29, 0.717) is 16.9 Å². The van der Waals surface area contributed by atoms with Crippen LogP contribution in [-0.4, -0.2) is 10.2 Å². The minimum atomic E-state index is -0.171. The summed E-state index contributed by atoms with van der Waals surface area (Å²) >= 11 is 0. The minimum Gasteiger partial charge on any atom is -0.463 e. The summed E-state index contributed by atoms with van der Waals surface area (Å²) in [4.78, 5) is 12.2. The Labute approximate surface area is 95.7 Å². The largest absolute Gasteiger partial charge is 0.463 e. The number of nitrogens with zero attached hydrogens (tertiary/aromatic N) is 2. The smallest absolute Gasteiger partial charge is 0.254 e. The molecule has 0 amide bonds. The molecule has 0 N–H and O–H groups in total. The highest BCUT2D eigenvalue weighted by atomic mass is 16.4. The summed E-state index contributed by atoms with van der Waals surface area (Å²) in [5.74, 6) is 0.592. The predicted molar refractivity (Wildman–Crippen MR) is 60.5 cm³/mol. The van der Waals surface area contributed by atoms with Gasteiger partial charge in [-0.05, 0) is 12.1 Å². The summed E-state index contributed by atoms with van der Waals surface area (Å²) in [7, 11) is 0. The van der Waals surface area contributed by atoms with Gasteiger partial charge in [0.1, 0.15) is 17.4 Å². The average Bonchev–Trinajstić information content (AvgIpc) is 2.77. The lowest BCUT2D eigenvalue weighted by Gasteiger charge is -1.97. The van der Waals surface area contributed by atoms with Crippen LogP contribution in [-0.2, 0) is 0 Å². The maximum atomic E-state index is 12.2. The monoisotopic (exact) mass is 228 g/mol. The fourth-order valence-corrected chi connectivity index (χ4v) is 1.63. The number of rotatable bonds is 1. The van der Waals surface area contributed by atoms with E-state index < -0.39 is 0 Å². The summed E-state index contributed by atoms with van der Waals surface area (Å²) in [6.45, 7) is 1.67. The van der Waals surface area contributed by atoms with Crippen molar-refractivity contribution in [1.29, 1.82) is 0 Å². The molecule has 5 heteroatoms. The van der Waals surface area contributed by atoms with Crippen LogP contribution in [0.15, 0.2) is 44.2 Å². The van der Waals surface area contributed by atoms with Gasteiger partial charge in [-0.15, -0.1) is 10.2 Å². The molecule has 0 radical (unpaired) electrons. The normalized spacial score (nSPS) is 10.9. The van der Waals surface area contributed by atoms with Crippen molar-refractivity contribution >= 4 is 11.0 Å². The second kappa shape index (κ2) is 3.55. The van der Waals surface area contributed by atoms with Gasteiger partial charge in [0.2, 0.25) is 11.3 Å². The molecule has 3 rings (SSSR count). The Balaban J connectivity index is 2.32.